The van der Waals surface area contributed by atoms with Gasteiger partial charge < -0.3 is 9.88 Å². The summed E-state index contributed by atoms with van der Waals surface area (Å²) >= 11 is 1.55. The van der Waals surface area contributed by atoms with Crippen LogP contribution in [0.4, 0.5) is 0 Å². The molecule has 0 spiro atoms. The van der Waals surface area contributed by atoms with Gasteiger partial charge in [-0.05, 0) is 38.0 Å². The van der Waals surface area contributed by atoms with E-state index in [0.29, 0.717) is 17.9 Å². The minimum absolute atomic E-state index is 0.133. The molecule has 2 aliphatic rings. The van der Waals surface area contributed by atoms with Crippen molar-refractivity contribution in [2.75, 3.05) is 0 Å². The molecule has 1 N–H and O–H groups in total. The van der Waals surface area contributed by atoms with E-state index in [-0.39, 0.29) is 11.2 Å². The van der Waals surface area contributed by atoms with Crippen LogP contribution >= 0.6 is 11.8 Å². The third-order valence-corrected chi connectivity index (χ3v) is 6.84. The van der Waals surface area contributed by atoms with Crippen molar-refractivity contribution in [2.45, 2.75) is 88.7 Å². The van der Waals surface area contributed by atoms with Crippen LogP contribution in [-0.4, -0.2) is 32.0 Å². The van der Waals surface area contributed by atoms with E-state index in [0.717, 1.165) is 30.4 Å². The van der Waals surface area contributed by atoms with Crippen LogP contribution in [0, 0.1) is 11.8 Å². The van der Waals surface area contributed by atoms with E-state index in [1.165, 1.54) is 32.1 Å². The van der Waals surface area contributed by atoms with Gasteiger partial charge in [0.25, 0.3) is 0 Å². The predicted octanol–water partition coefficient (Wildman–Crippen LogP) is 3.43. The van der Waals surface area contributed by atoms with Gasteiger partial charge in [-0.15, -0.1) is 10.2 Å². The molecule has 1 saturated carbocycles. The molecule has 0 radical (unpaired) electrons. The van der Waals surface area contributed by atoms with Crippen LogP contribution in [0.1, 0.15) is 65.1 Å². The number of thioether (sulfide) groups is 1. The Morgan fingerprint density at radius 1 is 1.21 bits per heavy atom. The molecule has 3 rings (SSSR count). The molecule has 0 aromatic carbocycles. The summed E-state index contributed by atoms with van der Waals surface area (Å²) in [6.07, 6.45) is 8.23. The number of nitrogens with zero attached hydrogens (tertiary/aromatic N) is 3. The van der Waals surface area contributed by atoms with E-state index < -0.39 is 0 Å². The summed E-state index contributed by atoms with van der Waals surface area (Å²) in [6, 6.07) is 0.319. The molecule has 4 atom stereocenters. The van der Waals surface area contributed by atoms with Crippen LogP contribution in [0.2, 0.25) is 0 Å². The molecule has 24 heavy (non-hydrogen) atoms. The molecule has 1 fully saturated rings. The standard InChI is InChI=1S/C18H30N4OS/c1-12-8-7-9-15(13(12)2)19-17(23)14(3)24-18-21-20-16-10-5-4-6-11-22(16)18/h12-15H,4-11H2,1-3H3,(H,19,23)/t12-,13+,14+,15-/m0/s1. The summed E-state index contributed by atoms with van der Waals surface area (Å²) in [5.74, 6) is 2.47. The zero-order valence-electron chi connectivity index (χ0n) is 15.1. The molecule has 1 aromatic heterocycles. The molecule has 5 nitrogen and oxygen atoms in total. The number of carbonyl (C=O) groups is 1. The van der Waals surface area contributed by atoms with E-state index in [2.05, 4.69) is 33.9 Å². The quantitative estimate of drug-likeness (QED) is 0.845. The maximum Gasteiger partial charge on any atom is 0.233 e. The Hall–Kier alpha value is -1.04. The van der Waals surface area contributed by atoms with Gasteiger partial charge in [0.1, 0.15) is 5.82 Å². The number of aromatic nitrogens is 3. The van der Waals surface area contributed by atoms with Crippen molar-refractivity contribution in [2.24, 2.45) is 11.8 Å². The first kappa shape index (κ1) is 17.8. The second-order valence-corrected chi connectivity index (χ2v) is 8.81. The molecule has 6 heteroatoms. The van der Waals surface area contributed by atoms with Crippen molar-refractivity contribution in [3.63, 3.8) is 0 Å². The van der Waals surface area contributed by atoms with Gasteiger partial charge >= 0.3 is 0 Å². The fourth-order valence-electron chi connectivity index (χ4n) is 3.84. The number of aryl methyl sites for hydroxylation is 1. The molecule has 1 aliphatic heterocycles. The van der Waals surface area contributed by atoms with Crippen LogP contribution in [0.15, 0.2) is 5.16 Å². The first-order valence-corrected chi connectivity index (χ1v) is 10.3. The van der Waals surface area contributed by atoms with Crippen LogP contribution in [0.25, 0.3) is 0 Å². The monoisotopic (exact) mass is 350 g/mol. The van der Waals surface area contributed by atoms with E-state index in [1.807, 2.05) is 6.92 Å². The molecule has 1 aromatic rings. The SMILES string of the molecule is C[C@H]1[C@@H](NC(=O)[C@@H](C)Sc2nnc3n2CCCCC3)CCC[C@@H]1C. The smallest absolute Gasteiger partial charge is 0.233 e. The number of fused-ring (bicyclic) bond motifs is 1. The van der Waals surface area contributed by atoms with Crippen molar-refractivity contribution in [1.82, 2.24) is 20.1 Å². The molecule has 0 bridgehead atoms. The lowest BCUT2D eigenvalue weighted by Crippen LogP contribution is -2.46. The number of rotatable bonds is 4. The maximum absolute atomic E-state index is 12.6. The highest BCUT2D eigenvalue weighted by Gasteiger charge is 2.30. The summed E-state index contributed by atoms with van der Waals surface area (Å²) in [6.45, 7) is 7.53. The number of carbonyl (C=O) groups excluding carboxylic acids is 1. The average Bonchev–Trinajstić information content (AvgIpc) is 2.79. The zero-order valence-corrected chi connectivity index (χ0v) is 15.9. The Morgan fingerprint density at radius 2 is 2.04 bits per heavy atom. The lowest BCUT2D eigenvalue weighted by molar-refractivity contribution is -0.121. The van der Waals surface area contributed by atoms with Gasteiger partial charge in [-0.3, -0.25) is 4.79 Å². The number of hydrogen-bond donors (Lipinski definition) is 1. The van der Waals surface area contributed by atoms with Crippen LogP contribution in [0.3, 0.4) is 0 Å². The highest BCUT2D eigenvalue weighted by atomic mass is 32.2. The third kappa shape index (κ3) is 3.95. The van der Waals surface area contributed by atoms with Gasteiger partial charge in [-0.25, -0.2) is 0 Å². The lowest BCUT2D eigenvalue weighted by Gasteiger charge is -2.35. The predicted molar refractivity (Wildman–Crippen MR) is 97.0 cm³/mol. The molecular formula is C18H30N4OS. The van der Waals surface area contributed by atoms with Crippen LogP contribution < -0.4 is 5.32 Å². The first-order valence-electron chi connectivity index (χ1n) is 9.45. The Kier molecular flexibility index (Phi) is 5.85. The summed E-state index contributed by atoms with van der Waals surface area (Å²) in [4.78, 5) is 12.6. The Bertz CT molecular complexity index is 573. The van der Waals surface area contributed by atoms with Crippen LogP contribution in [0.5, 0.6) is 0 Å². The van der Waals surface area contributed by atoms with Crippen molar-refractivity contribution in [3.05, 3.63) is 5.82 Å². The van der Waals surface area contributed by atoms with Gasteiger partial charge in [-0.2, -0.15) is 0 Å². The summed E-state index contributed by atoms with van der Waals surface area (Å²) in [7, 11) is 0. The fraction of sp³-hybridized carbons (Fsp3) is 0.833. The second-order valence-electron chi connectivity index (χ2n) is 7.50. The summed E-state index contributed by atoms with van der Waals surface area (Å²) in [5, 5.41) is 12.7. The molecule has 0 unspecified atom stereocenters. The molecule has 134 valence electrons. The molecule has 1 amide bonds. The maximum atomic E-state index is 12.6. The average molecular weight is 351 g/mol. The topological polar surface area (TPSA) is 59.8 Å². The first-order chi connectivity index (χ1) is 11.6. The third-order valence-electron chi connectivity index (χ3n) is 5.76. The Labute approximate surface area is 149 Å². The van der Waals surface area contributed by atoms with Crippen molar-refractivity contribution in [1.29, 1.82) is 0 Å². The fourth-order valence-corrected chi connectivity index (χ4v) is 4.75. The molecule has 0 saturated heterocycles. The number of hydrogen-bond acceptors (Lipinski definition) is 4. The number of nitrogens with one attached hydrogen (secondary N) is 1. The number of amides is 1. The van der Waals surface area contributed by atoms with Gasteiger partial charge in [0, 0.05) is 19.0 Å². The van der Waals surface area contributed by atoms with Gasteiger partial charge in [0.2, 0.25) is 5.91 Å². The van der Waals surface area contributed by atoms with E-state index in [4.69, 9.17) is 0 Å². The van der Waals surface area contributed by atoms with Crippen LogP contribution in [-0.2, 0) is 17.8 Å². The van der Waals surface area contributed by atoms with Crippen molar-refractivity contribution < 1.29 is 4.79 Å². The highest BCUT2D eigenvalue weighted by molar-refractivity contribution is 8.00. The molecular weight excluding hydrogens is 320 g/mol. The molecule has 2 heterocycles. The van der Waals surface area contributed by atoms with Gasteiger partial charge in [0.05, 0.1) is 5.25 Å². The second kappa shape index (κ2) is 7.89. The van der Waals surface area contributed by atoms with E-state index in [1.54, 1.807) is 11.8 Å². The lowest BCUT2D eigenvalue weighted by atomic mass is 9.78. The zero-order chi connectivity index (χ0) is 17.1. The van der Waals surface area contributed by atoms with E-state index in [9.17, 15) is 4.79 Å². The summed E-state index contributed by atoms with van der Waals surface area (Å²) < 4.78 is 2.22. The summed E-state index contributed by atoms with van der Waals surface area (Å²) in [5.41, 5.74) is 0. The minimum atomic E-state index is -0.133. The van der Waals surface area contributed by atoms with Gasteiger partial charge in [0.15, 0.2) is 5.16 Å². The van der Waals surface area contributed by atoms with Crippen molar-refractivity contribution in [3.8, 4) is 0 Å². The normalized spacial score (nSPS) is 28.7. The van der Waals surface area contributed by atoms with E-state index >= 15 is 0 Å². The Morgan fingerprint density at radius 3 is 2.88 bits per heavy atom. The Balaban J connectivity index is 1.59. The largest absolute Gasteiger partial charge is 0.352 e. The molecule has 1 aliphatic carbocycles. The van der Waals surface area contributed by atoms with Crippen molar-refractivity contribution >= 4 is 17.7 Å². The minimum Gasteiger partial charge on any atom is -0.352 e. The van der Waals surface area contributed by atoms with Gasteiger partial charge in [-0.1, -0.05) is 44.9 Å². The highest BCUT2D eigenvalue weighted by Crippen LogP contribution is 2.30.